The number of carbonyl (C=O) groups is 2. The number of hydrogen-bond donors (Lipinski definition) is 2. The number of nitrogens with one attached hydrogen (secondary N) is 2. The van der Waals surface area contributed by atoms with Gasteiger partial charge < -0.3 is 15.2 Å². The number of rotatable bonds is 3. The molecule has 2 N–H and O–H groups in total. The van der Waals surface area contributed by atoms with Crippen molar-refractivity contribution in [2.75, 3.05) is 0 Å². The SMILES string of the molecule is Cc1ccc(F)c(C(=O)N[C@@H]2CCC(=O)N[C@H]2c2cncn2C)c1. The molecule has 0 saturated carbocycles. The first-order valence-electron chi connectivity index (χ1n) is 7.78. The van der Waals surface area contributed by atoms with Crippen LogP contribution in [0.15, 0.2) is 30.7 Å². The van der Waals surface area contributed by atoms with Gasteiger partial charge in [0, 0.05) is 13.5 Å². The summed E-state index contributed by atoms with van der Waals surface area (Å²) < 4.78 is 15.7. The Morgan fingerprint density at radius 1 is 1.46 bits per heavy atom. The average Bonchev–Trinajstić information content (AvgIpc) is 2.97. The summed E-state index contributed by atoms with van der Waals surface area (Å²) in [7, 11) is 1.82. The maximum Gasteiger partial charge on any atom is 0.254 e. The summed E-state index contributed by atoms with van der Waals surface area (Å²) in [5.74, 6) is -1.12. The average molecular weight is 330 g/mol. The maximum atomic E-state index is 13.9. The quantitative estimate of drug-likeness (QED) is 0.898. The lowest BCUT2D eigenvalue weighted by atomic mass is 9.95. The van der Waals surface area contributed by atoms with Gasteiger partial charge >= 0.3 is 0 Å². The molecular formula is C17H19FN4O2. The molecule has 7 heteroatoms. The highest BCUT2D eigenvalue weighted by Gasteiger charge is 2.33. The third kappa shape index (κ3) is 3.15. The smallest absolute Gasteiger partial charge is 0.254 e. The minimum absolute atomic E-state index is 0.00987. The molecule has 0 radical (unpaired) electrons. The van der Waals surface area contributed by atoms with Crippen LogP contribution >= 0.6 is 0 Å². The van der Waals surface area contributed by atoms with E-state index in [4.69, 9.17) is 0 Å². The zero-order valence-corrected chi connectivity index (χ0v) is 13.5. The molecule has 1 saturated heterocycles. The number of piperidine rings is 1. The molecule has 1 aliphatic heterocycles. The molecule has 6 nitrogen and oxygen atoms in total. The maximum absolute atomic E-state index is 13.9. The van der Waals surface area contributed by atoms with E-state index in [0.717, 1.165) is 11.3 Å². The topological polar surface area (TPSA) is 76.0 Å². The minimum atomic E-state index is -0.560. The number of aryl methyl sites for hydroxylation is 2. The Hall–Kier alpha value is -2.70. The molecule has 2 amide bonds. The molecule has 1 aromatic heterocycles. The Labute approximate surface area is 139 Å². The van der Waals surface area contributed by atoms with Gasteiger partial charge in [-0.05, 0) is 25.5 Å². The summed E-state index contributed by atoms with van der Waals surface area (Å²) in [6, 6.07) is 3.70. The number of halogens is 1. The van der Waals surface area contributed by atoms with Gasteiger partial charge in [-0.25, -0.2) is 9.37 Å². The van der Waals surface area contributed by atoms with E-state index < -0.39 is 17.8 Å². The molecule has 126 valence electrons. The van der Waals surface area contributed by atoms with E-state index in [1.54, 1.807) is 30.1 Å². The molecule has 0 spiro atoms. The molecule has 0 unspecified atom stereocenters. The van der Waals surface area contributed by atoms with Crippen LogP contribution in [0.2, 0.25) is 0 Å². The first-order chi connectivity index (χ1) is 11.5. The zero-order chi connectivity index (χ0) is 17.3. The summed E-state index contributed by atoms with van der Waals surface area (Å²) >= 11 is 0. The van der Waals surface area contributed by atoms with Crippen LogP contribution in [0.3, 0.4) is 0 Å². The summed E-state index contributed by atoms with van der Waals surface area (Å²) in [4.78, 5) is 28.3. The second-order valence-electron chi connectivity index (χ2n) is 6.08. The lowest BCUT2D eigenvalue weighted by molar-refractivity contribution is -0.123. The largest absolute Gasteiger partial charge is 0.347 e. The lowest BCUT2D eigenvalue weighted by Crippen LogP contribution is -2.50. The van der Waals surface area contributed by atoms with Gasteiger partial charge in [0.2, 0.25) is 5.91 Å². The van der Waals surface area contributed by atoms with Crippen molar-refractivity contribution in [3.63, 3.8) is 0 Å². The third-order valence-electron chi connectivity index (χ3n) is 4.26. The molecule has 1 aliphatic rings. The normalized spacial score (nSPS) is 20.5. The number of imidazole rings is 1. The first kappa shape index (κ1) is 16.2. The Kier molecular flexibility index (Phi) is 4.33. The second-order valence-corrected chi connectivity index (χ2v) is 6.08. The predicted octanol–water partition coefficient (Wildman–Crippen LogP) is 1.62. The van der Waals surface area contributed by atoms with Crippen molar-refractivity contribution in [1.29, 1.82) is 0 Å². The predicted molar refractivity (Wildman–Crippen MR) is 85.7 cm³/mol. The Morgan fingerprint density at radius 3 is 2.96 bits per heavy atom. The van der Waals surface area contributed by atoms with Gasteiger partial charge in [0.25, 0.3) is 5.91 Å². The molecule has 24 heavy (non-hydrogen) atoms. The molecule has 3 rings (SSSR count). The highest BCUT2D eigenvalue weighted by molar-refractivity contribution is 5.95. The Bertz CT molecular complexity index is 787. The van der Waals surface area contributed by atoms with E-state index in [2.05, 4.69) is 15.6 Å². The standard InChI is InChI=1S/C17H19FN4O2/c1-10-3-4-12(18)11(7-10)17(24)20-13-5-6-15(23)21-16(13)14-8-19-9-22(14)2/h3-4,7-9,13,16H,5-6H2,1-2H3,(H,20,24)(H,21,23)/t13-,16-/m1/s1. The van der Waals surface area contributed by atoms with Crippen LogP contribution in [0, 0.1) is 12.7 Å². The fourth-order valence-electron chi connectivity index (χ4n) is 2.96. The molecule has 2 atom stereocenters. The molecule has 2 heterocycles. The van der Waals surface area contributed by atoms with Crippen LogP contribution in [0.4, 0.5) is 4.39 Å². The van der Waals surface area contributed by atoms with Crippen LogP contribution in [0.25, 0.3) is 0 Å². The summed E-state index contributed by atoms with van der Waals surface area (Å²) in [6.07, 6.45) is 4.09. The Balaban J connectivity index is 1.84. The van der Waals surface area contributed by atoms with E-state index in [1.807, 2.05) is 7.05 Å². The van der Waals surface area contributed by atoms with Crippen LogP contribution in [0.5, 0.6) is 0 Å². The van der Waals surface area contributed by atoms with Gasteiger partial charge in [-0.15, -0.1) is 0 Å². The van der Waals surface area contributed by atoms with Crippen molar-refractivity contribution in [1.82, 2.24) is 20.2 Å². The van der Waals surface area contributed by atoms with Crippen molar-refractivity contribution in [2.24, 2.45) is 7.05 Å². The van der Waals surface area contributed by atoms with Crippen LogP contribution in [-0.2, 0) is 11.8 Å². The fourth-order valence-corrected chi connectivity index (χ4v) is 2.96. The highest BCUT2D eigenvalue weighted by Crippen LogP contribution is 2.24. The van der Waals surface area contributed by atoms with E-state index >= 15 is 0 Å². The lowest BCUT2D eigenvalue weighted by Gasteiger charge is -2.33. The number of hydrogen-bond acceptors (Lipinski definition) is 3. The van der Waals surface area contributed by atoms with Crippen molar-refractivity contribution in [2.45, 2.75) is 31.8 Å². The van der Waals surface area contributed by atoms with E-state index in [1.165, 1.54) is 12.1 Å². The van der Waals surface area contributed by atoms with Crippen LogP contribution < -0.4 is 10.6 Å². The zero-order valence-electron chi connectivity index (χ0n) is 13.5. The van der Waals surface area contributed by atoms with Crippen molar-refractivity contribution in [3.8, 4) is 0 Å². The van der Waals surface area contributed by atoms with Gasteiger partial charge in [0.15, 0.2) is 0 Å². The number of carbonyl (C=O) groups excluding carboxylic acids is 2. The fraction of sp³-hybridized carbons (Fsp3) is 0.353. The van der Waals surface area contributed by atoms with E-state index in [-0.39, 0.29) is 17.5 Å². The molecule has 2 aromatic rings. The van der Waals surface area contributed by atoms with Crippen molar-refractivity contribution < 1.29 is 14.0 Å². The molecule has 0 aliphatic carbocycles. The van der Waals surface area contributed by atoms with Crippen LogP contribution in [-0.4, -0.2) is 27.4 Å². The second kappa shape index (κ2) is 6.43. The summed E-state index contributed by atoms with van der Waals surface area (Å²) in [6.45, 7) is 1.80. The molecule has 1 aromatic carbocycles. The van der Waals surface area contributed by atoms with Gasteiger partial charge in [-0.3, -0.25) is 9.59 Å². The van der Waals surface area contributed by atoms with Gasteiger partial charge in [0.05, 0.1) is 35.9 Å². The molecule has 0 bridgehead atoms. The number of aromatic nitrogens is 2. The Morgan fingerprint density at radius 2 is 2.25 bits per heavy atom. The third-order valence-corrected chi connectivity index (χ3v) is 4.26. The van der Waals surface area contributed by atoms with Gasteiger partial charge in [-0.2, -0.15) is 0 Å². The van der Waals surface area contributed by atoms with Gasteiger partial charge in [0.1, 0.15) is 5.82 Å². The van der Waals surface area contributed by atoms with E-state index in [0.29, 0.717) is 12.8 Å². The van der Waals surface area contributed by atoms with Crippen molar-refractivity contribution in [3.05, 3.63) is 53.4 Å². The monoisotopic (exact) mass is 330 g/mol. The highest BCUT2D eigenvalue weighted by atomic mass is 19.1. The summed E-state index contributed by atoms with van der Waals surface area (Å²) in [5.41, 5.74) is 1.61. The number of benzene rings is 1. The van der Waals surface area contributed by atoms with Crippen LogP contribution in [0.1, 0.15) is 40.5 Å². The van der Waals surface area contributed by atoms with Gasteiger partial charge in [-0.1, -0.05) is 11.6 Å². The molecular weight excluding hydrogens is 311 g/mol. The van der Waals surface area contributed by atoms with Crippen molar-refractivity contribution >= 4 is 11.8 Å². The first-order valence-corrected chi connectivity index (χ1v) is 7.78. The summed E-state index contributed by atoms with van der Waals surface area (Å²) in [5, 5.41) is 5.74. The number of nitrogens with zero attached hydrogens (tertiary/aromatic N) is 2. The van der Waals surface area contributed by atoms with E-state index in [9.17, 15) is 14.0 Å². The molecule has 1 fully saturated rings. The number of amides is 2. The minimum Gasteiger partial charge on any atom is -0.347 e.